The van der Waals surface area contributed by atoms with Gasteiger partial charge in [0.15, 0.2) is 11.7 Å². The highest BCUT2D eigenvalue weighted by Crippen LogP contribution is 2.25. The second-order valence-electron chi connectivity index (χ2n) is 3.97. The standard InChI is InChI=1S/C13H14FN5O/c1-2-19(10-5-3-9(14)4-6-10)13-11(12(15)18-20)7-8-16-17-13/h3-8,20H,2H2,1H3,(H2,15,18). The smallest absolute Gasteiger partial charge is 0.173 e. The van der Waals surface area contributed by atoms with Crippen LogP contribution in [0.15, 0.2) is 41.7 Å². The van der Waals surface area contributed by atoms with E-state index in [0.29, 0.717) is 17.9 Å². The maximum Gasteiger partial charge on any atom is 0.173 e. The molecule has 0 spiro atoms. The van der Waals surface area contributed by atoms with Gasteiger partial charge in [-0.05, 0) is 37.3 Å². The Morgan fingerprint density at radius 2 is 2.05 bits per heavy atom. The third-order valence-corrected chi connectivity index (χ3v) is 2.80. The van der Waals surface area contributed by atoms with Crippen molar-refractivity contribution in [2.24, 2.45) is 10.9 Å². The van der Waals surface area contributed by atoms with Crippen molar-refractivity contribution in [2.45, 2.75) is 6.92 Å². The van der Waals surface area contributed by atoms with Crippen molar-refractivity contribution >= 4 is 17.3 Å². The molecule has 1 heterocycles. The van der Waals surface area contributed by atoms with Crippen LogP contribution in [0.3, 0.4) is 0 Å². The summed E-state index contributed by atoms with van der Waals surface area (Å²) in [6.45, 7) is 2.48. The SMILES string of the molecule is CCN(c1ccc(F)cc1)c1nnccc1/C(N)=N/O. The van der Waals surface area contributed by atoms with Gasteiger partial charge in [0.05, 0.1) is 11.8 Å². The molecule has 0 amide bonds. The molecule has 0 bridgehead atoms. The molecule has 20 heavy (non-hydrogen) atoms. The molecule has 0 aliphatic carbocycles. The molecule has 7 heteroatoms. The quantitative estimate of drug-likeness (QED) is 0.385. The van der Waals surface area contributed by atoms with Crippen LogP contribution in [-0.4, -0.2) is 27.8 Å². The molecule has 0 radical (unpaired) electrons. The lowest BCUT2D eigenvalue weighted by Gasteiger charge is -2.23. The summed E-state index contributed by atoms with van der Waals surface area (Å²) in [6.07, 6.45) is 1.45. The van der Waals surface area contributed by atoms with Gasteiger partial charge in [-0.15, -0.1) is 5.10 Å². The number of nitrogens with zero attached hydrogens (tertiary/aromatic N) is 4. The number of hydrogen-bond donors (Lipinski definition) is 2. The van der Waals surface area contributed by atoms with Crippen LogP contribution in [0.1, 0.15) is 12.5 Å². The van der Waals surface area contributed by atoms with E-state index < -0.39 is 0 Å². The summed E-state index contributed by atoms with van der Waals surface area (Å²) in [5, 5.41) is 19.6. The minimum absolute atomic E-state index is 0.0598. The van der Waals surface area contributed by atoms with Gasteiger partial charge in [-0.2, -0.15) is 5.10 Å². The van der Waals surface area contributed by atoms with Crippen LogP contribution in [0.25, 0.3) is 0 Å². The minimum Gasteiger partial charge on any atom is -0.409 e. The number of benzene rings is 1. The fourth-order valence-corrected chi connectivity index (χ4v) is 1.85. The molecule has 0 unspecified atom stereocenters. The summed E-state index contributed by atoms with van der Waals surface area (Å²) < 4.78 is 13.0. The summed E-state index contributed by atoms with van der Waals surface area (Å²) >= 11 is 0. The highest BCUT2D eigenvalue weighted by molar-refractivity contribution is 6.01. The molecule has 0 fully saturated rings. The molecule has 0 aliphatic heterocycles. The minimum atomic E-state index is -0.319. The van der Waals surface area contributed by atoms with E-state index in [1.165, 1.54) is 18.3 Å². The maximum atomic E-state index is 13.0. The first kappa shape index (κ1) is 13.7. The number of hydrogen-bond acceptors (Lipinski definition) is 5. The second-order valence-corrected chi connectivity index (χ2v) is 3.97. The summed E-state index contributed by atoms with van der Waals surface area (Å²) in [5.41, 5.74) is 6.83. The predicted molar refractivity (Wildman–Crippen MR) is 73.6 cm³/mol. The summed E-state index contributed by atoms with van der Waals surface area (Å²) in [4.78, 5) is 1.79. The lowest BCUT2D eigenvalue weighted by atomic mass is 10.2. The number of rotatable bonds is 4. The molecule has 1 aromatic carbocycles. The average Bonchev–Trinajstić information content (AvgIpc) is 2.49. The van der Waals surface area contributed by atoms with Gasteiger partial charge < -0.3 is 15.8 Å². The molecule has 0 saturated heterocycles. The van der Waals surface area contributed by atoms with Crippen molar-refractivity contribution in [2.75, 3.05) is 11.4 Å². The summed E-state index contributed by atoms with van der Waals surface area (Å²) in [6, 6.07) is 7.58. The van der Waals surface area contributed by atoms with Crippen LogP contribution in [0, 0.1) is 5.82 Å². The number of halogens is 1. The van der Waals surface area contributed by atoms with Gasteiger partial charge in [0.2, 0.25) is 0 Å². The van der Waals surface area contributed by atoms with Gasteiger partial charge in [-0.3, -0.25) is 0 Å². The van der Waals surface area contributed by atoms with E-state index in [-0.39, 0.29) is 11.7 Å². The number of aromatic nitrogens is 2. The largest absolute Gasteiger partial charge is 0.409 e. The Labute approximate surface area is 115 Å². The molecular formula is C13H14FN5O. The van der Waals surface area contributed by atoms with Crippen molar-refractivity contribution in [1.29, 1.82) is 0 Å². The Bertz CT molecular complexity index is 614. The Hall–Kier alpha value is -2.70. The fourth-order valence-electron chi connectivity index (χ4n) is 1.85. The van der Waals surface area contributed by atoms with Crippen LogP contribution in [0.5, 0.6) is 0 Å². The van der Waals surface area contributed by atoms with Crippen molar-refractivity contribution < 1.29 is 9.60 Å². The molecule has 3 N–H and O–H groups in total. The van der Waals surface area contributed by atoms with Gasteiger partial charge in [0.1, 0.15) is 5.82 Å². The summed E-state index contributed by atoms with van der Waals surface area (Å²) in [7, 11) is 0. The topological polar surface area (TPSA) is 87.6 Å². The van der Waals surface area contributed by atoms with E-state index in [2.05, 4.69) is 15.4 Å². The summed E-state index contributed by atoms with van der Waals surface area (Å²) in [5.74, 6) is 0.0629. The third kappa shape index (κ3) is 2.66. The third-order valence-electron chi connectivity index (χ3n) is 2.80. The molecule has 2 rings (SSSR count). The van der Waals surface area contributed by atoms with Crippen LogP contribution in [-0.2, 0) is 0 Å². The van der Waals surface area contributed by atoms with E-state index in [1.807, 2.05) is 6.92 Å². The van der Waals surface area contributed by atoms with Crippen molar-refractivity contribution in [1.82, 2.24) is 10.2 Å². The maximum absolute atomic E-state index is 13.0. The molecule has 0 atom stereocenters. The predicted octanol–water partition coefficient (Wildman–Crippen LogP) is 1.87. The fraction of sp³-hybridized carbons (Fsp3) is 0.154. The highest BCUT2D eigenvalue weighted by atomic mass is 19.1. The highest BCUT2D eigenvalue weighted by Gasteiger charge is 2.16. The Morgan fingerprint density at radius 1 is 1.35 bits per heavy atom. The zero-order chi connectivity index (χ0) is 14.5. The molecule has 2 aromatic rings. The normalized spacial score (nSPS) is 11.4. The number of amidine groups is 1. The molecule has 1 aromatic heterocycles. The average molecular weight is 275 g/mol. The zero-order valence-corrected chi connectivity index (χ0v) is 10.9. The number of oxime groups is 1. The Balaban J connectivity index is 2.50. The van der Waals surface area contributed by atoms with Crippen LogP contribution in [0.4, 0.5) is 15.9 Å². The molecule has 0 saturated carbocycles. The van der Waals surface area contributed by atoms with Gasteiger partial charge in [0, 0.05) is 12.2 Å². The van der Waals surface area contributed by atoms with Crippen molar-refractivity contribution in [3.05, 3.63) is 47.9 Å². The van der Waals surface area contributed by atoms with E-state index in [9.17, 15) is 4.39 Å². The lowest BCUT2D eigenvalue weighted by Crippen LogP contribution is -2.24. The number of anilines is 2. The second kappa shape index (κ2) is 5.96. The van der Waals surface area contributed by atoms with E-state index in [0.717, 1.165) is 5.69 Å². The Kier molecular flexibility index (Phi) is 4.09. The first-order valence-corrected chi connectivity index (χ1v) is 6.00. The van der Waals surface area contributed by atoms with E-state index in [4.69, 9.17) is 10.9 Å². The van der Waals surface area contributed by atoms with E-state index in [1.54, 1.807) is 23.1 Å². The lowest BCUT2D eigenvalue weighted by molar-refractivity contribution is 0.318. The van der Waals surface area contributed by atoms with Gasteiger partial charge in [-0.1, -0.05) is 5.16 Å². The molecule has 6 nitrogen and oxygen atoms in total. The van der Waals surface area contributed by atoms with Crippen LogP contribution < -0.4 is 10.6 Å². The van der Waals surface area contributed by atoms with Crippen molar-refractivity contribution in [3.8, 4) is 0 Å². The van der Waals surface area contributed by atoms with Crippen LogP contribution in [0.2, 0.25) is 0 Å². The van der Waals surface area contributed by atoms with Crippen molar-refractivity contribution in [3.63, 3.8) is 0 Å². The van der Waals surface area contributed by atoms with Crippen LogP contribution >= 0.6 is 0 Å². The monoisotopic (exact) mass is 275 g/mol. The molecule has 0 aliphatic rings. The molecule has 104 valence electrons. The van der Waals surface area contributed by atoms with E-state index >= 15 is 0 Å². The number of nitrogens with two attached hydrogens (primary N) is 1. The first-order valence-electron chi connectivity index (χ1n) is 6.00. The van der Waals surface area contributed by atoms with Gasteiger partial charge in [-0.25, -0.2) is 4.39 Å². The zero-order valence-electron chi connectivity index (χ0n) is 10.9. The Morgan fingerprint density at radius 3 is 2.65 bits per heavy atom. The van der Waals surface area contributed by atoms with Gasteiger partial charge >= 0.3 is 0 Å². The first-order chi connectivity index (χ1) is 9.67. The molecular weight excluding hydrogens is 261 g/mol. The van der Waals surface area contributed by atoms with Gasteiger partial charge in [0.25, 0.3) is 0 Å².